The first-order valence-electron chi connectivity index (χ1n) is 8.31. The van der Waals surface area contributed by atoms with E-state index < -0.39 is 0 Å². The van der Waals surface area contributed by atoms with Crippen molar-refractivity contribution in [2.24, 2.45) is 0 Å². The number of hydrogen-bond acceptors (Lipinski definition) is 3. The second-order valence-corrected chi connectivity index (χ2v) is 6.39. The molecule has 27 heavy (non-hydrogen) atoms. The van der Waals surface area contributed by atoms with Gasteiger partial charge in [-0.3, -0.25) is 9.59 Å². The van der Waals surface area contributed by atoms with Gasteiger partial charge in [-0.15, -0.1) is 0 Å². The number of rotatable bonds is 4. The molecule has 0 saturated heterocycles. The highest BCUT2D eigenvalue weighted by Gasteiger charge is 2.23. The number of hydrogen-bond donors (Lipinski definition) is 1. The van der Waals surface area contributed by atoms with E-state index >= 15 is 0 Å². The van der Waals surface area contributed by atoms with Gasteiger partial charge in [-0.2, -0.15) is 0 Å². The molecule has 0 unspecified atom stereocenters. The van der Waals surface area contributed by atoms with Gasteiger partial charge in [-0.1, -0.05) is 41.9 Å². The van der Waals surface area contributed by atoms with Crippen LogP contribution >= 0.6 is 11.6 Å². The molecule has 132 valence electrons. The lowest BCUT2D eigenvalue weighted by Gasteiger charge is -2.06. The summed E-state index contributed by atoms with van der Waals surface area (Å²) in [5, 5.41) is 4.03. The van der Waals surface area contributed by atoms with Crippen LogP contribution in [0.3, 0.4) is 0 Å². The van der Waals surface area contributed by atoms with Crippen LogP contribution in [0.4, 0.5) is 5.69 Å². The molecule has 4 rings (SSSR count). The van der Waals surface area contributed by atoms with Crippen LogP contribution in [0.2, 0.25) is 5.02 Å². The third kappa shape index (κ3) is 3.35. The Morgan fingerprint density at radius 2 is 1.44 bits per heavy atom. The zero-order chi connectivity index (χ0) is 18.8. The average Bonchev–Trinajstić information content (AvgIpc) is 3.07. The Hall–Kier alpha value is -3.37. The number of carbonyl (C=O) groups excluding carboxylic acids is 2. The maximum Gasteiger partial charge on any atom is 0.255 e. The lowest BCUT2D eigenvalue weighted by atomic mass is 10.1. The minimum atomic E-state index is -0.328. The van der Waals surface area contributed by atoms with Crippen LogP contribution in [0.25, 0.3) is 11.0 Å². The van der Waals surface area contributed by atoms with Gasteiger partial charge in [0, 0.05) is 21.5 Å². The summed E-state index contributed by atoms with van der Waals surface area (Å²) < 4.78 is 5.79. The van der Waals surface area contributed by atoms with Gasteiger partial charge >= 0.3 is 0 Å². The second-order valence-electron chi connectivity index (χ2n) is 5.96. The van der Waals surface area contributed by atoms with Gasteiger partial charge in [0.05, 0.1) is 5.69 Å². The maximum atomic E-state index is 13.0. The Balaban J connectivity index is 1.79. The fourth-order valence-corrected chi connectivity index (χ4v) is 2.96. The molecule has 0 atom stereocenters. The summed E-state index contributed by atoms with van der Waals surface area (Å²) in [7, 11) is 0. The minimum absolute atomic E-state index is 0.0859. The summed E-state index contributed by atoms with van der Waals surface area (Å²) in [6, 6.07) is 22.5. The van der Waals surface area contributed by atoms with E-state index in [4.69, 9.17) is 16.0 Å². The molecule has 1 amide bonds. The van der Waals surface area contributed by atoms with Crippen LogP contribution in [0.5, 0.6) is 0 Å². The zero-order valence-corrected chi connectivity index (χ0v) is 14.9. The highest BCUT2D eigenvalue weighted by atomic mass is 35.5. The number of furan rings is 1. The molecule has 3 aromatic carbocycles. The van der Waals surface area contributed by atoms with Crippen LogP contribution in [0.15, 0.2) is 83.3 Å². The van der Waals surface area contributed by atoms with Crippen molar-refractivity contribution in [2.45, 2.75) is 0 Å². The largest absolute Gasteiger partial charge is 0.450 e. The number of halogens is 1. The Bertz CT molecular complexity index is 1130. The van der Waals surface area contributed by atoms with Crippen molar-refractivity contribution in [3.63, 3.8) is 0 Å². The molecule has 1 N–H and O–H groups in total. The van der Waals surface area contributed by atoms with E-state index in [2.05, 4.69) is 5.32 Å². The first kappa shape index (κ1) is 17.1. The van der Waals surface area contributed by atoms with E-state index in [1.807, 2.05) is 18.2 Å². The summed E-state index contributed by atoms with van der Waals surface area (Å²) in [5.74, 6) is -0.554. The molecule has 0 radical (unpaired) electrons. The molecule has 0 aliphatic rings. The van der Waals surface area contributed by atoms with Gasteiger partial charge in [-0.05, 0) is 48.5 Å². The first-order chi connectivity index (χ1) is 13.1. The molecule has 4 nitrogen and oxygen atoms in total. The highest BCUT2D eigenvalue weighted by Crippen LogP contribution is 2.33. The lowest BCUT2D eigenvalue weighted by molar-refractivity contribution is 0.101. The summed E-state index contributed by atoms with van der Waals surface area (Å²) in [6.07, 6.45) is 0. The van der Waals surface area contributed by atoms with Crippen molar-refractivity contribution >= 4 is 39.9 Å². The maximum absolute atomic E-state index is 13.0. The number of amides is 1. The van der Waals surface area contributed by atoms with Crippen molar-refractivity contribution in [3.8, 4) is 0 Å². The molecule has 4 aromatic rings. The third-order valence-electron chi connectivity index (χ3n) is 4.18. The molecule has 0 aliphatic carbocycles. The average molecular weight is 376 g/mol. The van der Waals surface area contributed by atoms with Gasteiger partial charge < -0.3 is 9.73 Å². The van der Waals surface area contributed by atoms with Crippen LogP contribution in [-0.4, -0.2) is 11.7 Å². The van der Waals surface area contributed by atoms with E-state index in [-0.39, 0.29) is 17.5 Å². The molecule has 0 saturated carbocycles. The van der Waals surface area contributed by atoms with Crippen molar-refractivity contribution in [3.05, 3.63) is 101 Å². The summed E-state index contributed by atoms with van der Waals surface area (Å²) in [6.45, 7) is 0. The third-order valence-corrected chi connectivity index (χ3v) is 4.43. The van der Waals surface area contributed by atoms with E-state index in [9.17, 15) is 9.59 Å². The quantitative estimate of drug-likeness (QED) is 0.474. The number of fused-ring (bicyclic) bond motifs is 1. The topological polar surface area (TPSA) is 59.3 Å². The van der Waals surface area contributed by atoms with Gasteiger partial charge in [-0.25, -0.2) is 0 Å². The molecule has 0 aliphatic heterocycles. The lowest BCUT2D eigenvalue weighted by Crippen LogP contribution is -2.14. The number of carbonyl (C=O) groups is 2. The molecule has 5 heteroatoms. The standard InChI is InChI=1S/C22H14ClNO3/c23-16-12-10-14(11-13-16)20(25)21-19(17-8-4-5-9-18(17)27-21)24-22(26)15-6-2-1-3-7-15/h1-13H,(H,24,26). The van der Waals surface area contributed by atoms with Crippen molar-refractivity contribution < 1.29 is 14.0 Å². The number of benzene rings is 3. The van der Waals surface area contributed by atoms with Gasteiger partial charge in [0.15, 0.2) is 5.76 Å². The molecular weight excluding hydrogens is 362 g/mol. The molecular formula is C22H14ClNO3. The molecule has 0 bridgehead atoms. The van der Waals surface area contributed by atoms with Crippen LogP contribution in [0, 0.1) is 0 Å². The second kappa shape index (κ2) is 7.09. The molecule has 1 aromatic heterocycles. The highest BCUT2D eigenvalue weighted by molar-refractivity contribution is 6.30. The van der Waals surface area contributed by atoms with E-state index in [0.717, 1.165) is 0 Å². The van der Waals surface area contributed by atoms with E-state index in [0.29, 0.717) is 32.8 Å². The van der Waals surface area contributed by atoms with Crippen LogP contribution < -0.4 is 5.32 Å². The predicted molar refractivity (Wildman–Crippen MR) is 105 cm³/mol. The first-order valence-corrected chi connectivity index (χ1v) is 8.69. The Morgan fingerprint density at radius 1 is 0.778 bits per heavy atom. The number of para-hydroxylation sites is 1. The Labute approximate surface area is 160 Å². The van der Waals surface area contributed by atoms with Crippen LogP contribution in [0.1, 0.15) is 26.5 Å². The molecule has 0 fully saturated rings. The monoisotopic (exact) mass is 375 g/mol. The van der Waals surface area contributed by atoms with E-state index in [1.54, 1.807) is 60.7 Å². The van der Waals surface area contributed by atoms with Gasteiger partial charge in [0.1, 0.15) is 5.58 Å². The van der Waals surface area contributed by atoms with Crippen LogP contribution in [-0.2, 0) is 0 Å². The molecule has 0 spiro atoms. The summed E-state index contributed by atoms with van der Waals surface area (Å²) >= 11 is 5.90. The van der Waals surface area contributed by atoms with Crippen molar-refractivity contribution in [1.82, 2.24) is 0 Å². The van der Waals surface area contributed by atoms with Gasteiger partial charge in [0.25, 0.3) is 5.91 Å². The van der Waals surface area contributed by atoms with Crippen molar-refractivity contribution in [2.75, 3.05) is 5.32 Å². The SMILES string of the molecule is O=C(Nc1c(C(=O)c2ccc(Cl)cc2)oc2ccccc12)c1ccccc1. The number of anilines is 1. The fraction of sp³-hybridized carbons (Fsp3) is 0. The Morgan fingerprint density at radius 3 is 2.19 bits per heavy atom. The minimum Gasteiger partial charge on any atom is -0.450 e. The number of ketones is 1. The van der Waals surface area contributed by atoms with E-state index in [1.165, 1.54) is 0 Å². The Kier molecular flexibility index (Phi) is 4.48. The normalized spacial score (nSPS) is 10.7. The molecule has 1 heterocycles. The predicted octanol–water partition coefficient (Wildman–Crippen LogP) is 5.57. The smallest absolute Gasteiger partial charge is 0.255 e. The number of nitrogens with one attached hydrogen (secondary N) is 1. The van der Waals surface area contributed by atoms with Gasteiger partial charge in [0.2, 0.25) is 5.78 Å². The summed E-state index contributed by atoms with van der Waals surface area (Å²) in [5.41, 5.74) is 1.80. The summed E-state index contributed by atoms with van der Waals surface area (Å²) in [4.78, 5) is 25.6. The van der Waals surface area contributed by atoms with Crippen molar-refractivity contribution in [1.29, 1.82) is 0 Å². The fourth-order valence-electron chi connectivity index (χ4n) is 2.84. The zero-order valence-electron chi connectivity index (χ0n) is 14.1.